The van der Waals surface area contributed by atoms with Crippen LogP contribution in [-0.4, -0.2) is 21.5 Å². The first-order valence-corrected chi connectivity index (χ1v) is 6.38. The summed E-state index contributed by atoms with van der Waals surface area (Å²) in [7, 11) is 1.90. The molecule has 0 bridgehead atoms. The molecule has 0 aliphatic rings. The van der Waals surface area contributed by atoms with Gasteiger partial charge in [-0.2, -0.15) is 5.10 Å². The lowest BCUT2D eigenvalue weighted by Crippen LogP contribution is -2.12. The molecule has 0 aliphatic heterocycles. The first-order valence-electron chi connectivity index (χ1n) is 6.00. The maximum absolute atomic E-state index is 9.46. The minimum Gasteiger partial charge on any atom is -0.396 e. The fourth-order valence-electron chi connectivity index (χ4n) is 2.07. The van der Waals surface area contributed by atoms with Crippen molar-refractivity contribution in [3.63, 3.8) is 0 Å². The van der Waals surface area contributed by atoms with Gasteiger partial charge in [0.15, 0.2) is 0 Å². The summed E-state index contributed by atoms with van der Waals surface area (Å²) < 4.78 is 1.78. The standard InChI is InChI=1S/C14H17ClN2O/c1-17-9-13(8-16-17)7-12(10-18)6-11-2-4-14(15)5-3-11/h2-5,8-9,12,18H,6-7,10H2,1H3. The maximum atomic E-state index is 9.46. The van der Waals surface area contributed by atoms with E-state index in [1.165, 1.54) is 5.56 Å². The lowest BCUT2D eigenvalue weighted by atomic mass is 9.94. The highest BCUT2D eigenvalue weighted by Gasteiger charge is 2.11. The lowest BCUT2D eigenvalue weighted by Gasteiger charge is -2.13. The highest BCUT2D eigenvalue weighted by molar-refractivity contribution is 6.30. The van der Waals surface area contributed by atoms with E-state index in [9.17, 15) is 5.11 Å². The second kappa shape index (κ2) is 6.03. The van der Waals surface area contributed by atoms with E-state index in [1.54, 1.807) is 4.68 Å². The van der Waals surface area contributed by atoms with E-state index in [-0.39, 0.29) is 12.5 Å². The predicted octanol–water partition coefficient (Wildman–Crippen LogP) is 2.47. The van der Waals surface area contributed by atoms with Gasteiger partial charge in [0.1, 0.15) is 0 Å². The van der Waals surface area contributed by atoms with Gasteiger partial charge in [0, 0.05) is 24.9 Å². The largest absolute Gasteiger partial charge is 0.396 e. The van der Waals surface area contributed by atoms with Gasteiger partial charge in [-0.15, -0.1) is 0 Å². The van der Waals surface area contributed by atoms with Crippen LogP contribution in [-0.2, 0) is 19.9 Å². The summed E-state index contributed by atoms with van der Waals surface area (Å²) in [5.74, 6) is 0.218. The SMILES string of the molecule is Cn1cc(CC(CO)Cc2ccc(Cl)cc2)cn1. The Kier molecular flexibility index (Phi) is 4.39. The fourth-order valence-corrected chi connectivity index (χ4v) is 2.19. The van der Waals surface area contributed by atoms with Gasteiger partial charge < -0.3 is 5.11 Å². The number of nitrogens with zero attached hydrogens (tertiary/aromatic N) is 2. The van der Waals surface area contributed by atoms with E-state index in [4.69, 9.17) is 11.6 Å². The van der Waals surface area contributed by atoms with Crippen LogP contribution >= 0.6 is 11.6 Å². The van der Waals surface area contributed by atoms with Crippen molar-refractivity contribution in [3.8, 4) is 0 Å². The summed E-state index contributed by atoms with van der Waals surface area (Å²) in [6, 6.07) is 7.78. The van der Waals surface area contributed by atoms with Crippen LogP contribution in [0.2, 0.25) is 5.02 Å². The van der Waals surface area contributed by atoms with Crippen LogP contribution in [0.4, 0.5) is 0 Å². The Hall–Kier alpha value is -1.32. The van der Waals surface area contributed by atoms with E-state index >= 15 is 0 Å². The molecule has 0 fully saturated rings. The summed E-state index contributed by atoms with van der Waals surface area (Å²) in [6.07, 6.45) is 5.53. The molecular weight excluding hydrogens is 248 g/mol. The minimum absolute atomic E-state index is 0.178. The van der Waals surface area contributed by atoms with Crippen molar-refractivity contribution < 1.29 is 5.11 Å². The number of rotatable bonds is 5. The van der Waals surface area contributed by atoms with Gasteiger partial charge in [-0.25, -0.2) is 0 Å². The predicted molar refractivity (Wildman–Crippen MR) is 72.6 cm³/mol. The average molecular weight is 265 g/mol. The first kappa shape index (κ1) is 13.1. The smallest absolute Gasteiger partial charge is 0.0521 e. The van der Waals surface area contributed by atoms with Gasteiger partial charge in [0.2, 0.25) is 0 Å². The summed E-state index contributed by atoms with van der Waals surface area (Å²) >= 11 is 5.85. The topological polar surface area (TPSA) is 38.0 Å². The van der Waals surface area contributed by atoms with Gasteiger partial charge in [0.05, 0.1) is 6.20 Å². The maximum Gasteiger partial charge on any atom is 0.0521 e. The monoisotopic (exact) mass is 264 g/mol. The van der Waals surface area contributed by atoms with Crippen LogP contribution in [0.3, 0.4) is 0 Å². The van der Waals surface area contributed by atoms with Gasteiger partial charge in [-0.1, -0.05) is 23.7 Å². The zero-order chi connectivity index (χ0) is 13.0. The summed E-state index contributed by atoms with van der Waals surface area (Å²) in [5.41, 5.74) is 2.35. The molecule has 4 heteroatoms. The molecule has 0 amide bonds. The third-order valence-corrected chi connectivity index (χ3v) is 3.23. The second-order valence-electron chi connectivity index (χ2n) is 4.61. The number of aryl methyl sites for hydroxylation is 1. The summed E-state index contributed by atoms with van der Waals surface area (Å²) in [6.45, 7) is 0.178. The molecule has 0 saturated heterocycles. The van der Waals surface area contributed by atoms with Gasteiger partial charge in [0.25, 0.3) is 0 Å². The average Bonchev–Trinajstić information content (AvgIpc) is 2.77. The molecule has 0 spiro atoms. The summed E-state index contributed by atoms with van der Waals surface area (Å²) in [5, 5.41) is 14.3. The molecule has 1 aromatic carbocycles. The van der Waals surface area contributed by atoms with E-state index in [0.29, 0.717) is 0 Å². The Labute approximate surface area is 112 Å². The lowest BCUT2D eigenvalue weighted by molar-refractivity contribution is 0.225. The zero-order valence-corrected chi connectivity index (χ0v) is 11.1. The van der Waals surface area contributed by atoms with Crippen LogP contribution in [0.25, 0.3) is 0 Å². The Morgan fingerprint density at radius 3 is 2.44 bits per heavy atom. The Morgan fingerprint density at radius 2 is 1.89 bits per heavy atom. The molecule has 0 aliphatic carbocycles. The molecule has 3 nitrogen and oxygen atoms in total. The number of aliphatic hydroxyl groups excluding tert-OH is 1. The molecule has 2 rings (SSSR count). The molecule has 96 valence electrons. The highest BCUT2D eigenvalue weighted by Crippen LogP contribution is 2.16. The third-order valence-electron chi connectivity index (χ3n) is 2.98. The van der Waals surface area contributed by atoms with Crippen molar-refractivity contribution in [2.24, 2.45) is 13.0 Å². The number of aromatic nitrogens is 2. The molecule has 0 radical (unpaired) electrons. The highest BCUT2D eigenvalue weighted by atomic mass is 35.5. The molecule has 1 unspecified atom stereocenters. The Balaban J connectivity index is 1.99. The van der Waals surface area contributed by atoms with Crippen molar-refractivity contribution in [2.75, 3.05) is 6.61 Å². The number of halogens is 1. The van der Waals surface area contributed by atoms with Crippen molar-refractivity contribution >= 4 is 11.6 Å². The molecule has 2 aromatic rings. The molecule has 0 saturated carbocycles. The van der Waals surface area contributed by atoms with Crippen LogP contribution in [0.5, 0.6) is 0 Å². The van der Waals surface area contributed by atoms with Crippen LogP contribution < -0.4 is 0 Å². The normalized spacial score (nSPS) is 12.6. The fraction of sp³-hybridized carbons (Fsp3) is 0.357. The first-order chi connectivity index (χ1) is 8.67. The molecule has 1 atom stereocenters. The van der Waals surface area contributed by atoms with Crippen LogP contribution in [0.15, 0.2) is 36.7 Å². The Morgan fingerprint density at radius 1 is 1.22 bits per heavy atom. The number of hydrogen-bond acceptors (Lipinski definition) is 2. The van der Waals surface area contributed by atoms with E-state index in [2.05, 4.69) is 5.10 Å². The van der Waals surface area contributed by atoms with Crippen molar-refractivity contribution in [1.82, 2.24) is 9.78 Å². The van der Waals surface area contributed by atoms with Crippen molar-refractivity contribution in [2.45, 2.75) is 12.8 Å². The Bertz CT molecular complexity index is 493. The van der Waals surface area contributed by atoms with E-state index in [1.807, 2.05) is 43.7 Å². The molecule has 1 heterocycles. The zero-order valence-electron chi connectivity index (χ0n) is 10.4. The summed E-state index contributed by atoms with van der Waals surface area (Å²) in [4.78, 5) is 0. The van der Waals surface area contributed by atoms with Crippen molar-refractivity contribution in [3.05, 3.63) is 52.8 Å². The van der Waals surface area contributed by atoms with E-state index < -0.39 is 0 Å². The van der Waals surface area contributed by atoms with Gasteiger partial charge in [-0.3, -0.25) is 4.68 Å². The molecule has 1 aromatic heterocycles. The second-order valence-corrected chi connectivity index (χ2v) is 5.04. The molecular formula is C14H17ClN2O. The minimum atomic E-state index is 0.178. The van der Waals surface area contributed by atoms with E-state index in [0.717, 1.165) is 23.4 Å². The number of aliphatic hydroxyl groups is 1. The van der Waals surface area contributed by atoms with Gasteiger partial charge >= 0.3 is 0 Å². The third kappa shape index (κ3) is 3.59. The molecule has 1 N–H and O–H groups in total. The van der Waals surface area contributed by atoms with Crippen LogP contribution in [0.1, 0.15) is 11.1 Å². The number of hydrogen-bond donors (Lipinski definition) is 1. The van der Waals surface area contributed by atoms with Crippen LogP contribution in [0, 0.1) is 5.92 Å². The number of benzene rings is 1. The molecule has 18 heavy (non-hydrogen) atoms. The van der Waals surface area contributed by atoms with Crippen molar-refractivity contribution in [1.29, 1.82) is 0 Å². The quantitative estimate of drug-likeness (QED) is 0.901. The van der Waals surface area contributed by atoms with Gasteiger partial charge in [-0.05, 0) is 42.0 Å².